The second-order valence-corrected chi connectivity index (χ2v) is 6.24. The van der Waals surface area contributed by atoms with Crippen LogP contribution in [0.15, 0.2) is 84.9 Å². The molecule has 0 aliphatic rings. The third-order valence-electron chi connectivity index (χ3n) is 4.53. The normalized spacial score (nSPS) is 13.0. The number of rotatable bonds is 7. The van der Waals surface area contributed by atoms with Crippen LogP contribution in [0.1, 0.15) is 27.6 Å². The van der Waals surface area contributed by atoms with Crippen molar-refractivity contribution in [2.45, 2.75) is 12.5 Å². The van der Waals surface area contributed by atoms with Gasteiger partial charge in [-0.3, -0.25) is 4.79 Å². The molecule has 1 N–H and O–H groups in total. The summed E-state index contributed by atoms with van der Waals surface area (Å²) < 4.78 is 5.16. The number of aliphatic hydroxyl groups excluding tert-OH is 1. The highest BCUT2D eigenvalue weighted by Crippen LogP contribution is 2.29. The van der Waals surface area contributed by atoms with Gasteiger partial charge in [0.1, 0.15) is 5.75 Å². The SMILES string of the molecule is COc1ccc(C(=O)C(Cc2ccccc2)C(O)c2ccccc2)cc1. The van der Waals surface area contributed by atoms with Gasteiger partial charge in [-0.25, -0.2) is 0 Å². The minimum atomic E-state index is -0.869. The Bertz CT molecular complexity index is 826. The number of ketones is 1. The van der Waals surface area contributed by atoms with E-state index in [4.69, 9.17) is 4.74 Å². The fourth-order valence-corrected chi connectivity index (χ4v) is 3.07. The highest BCUT2D eigenvalue weighted by atomic mass is 16.5. The lowest BCUT2D eigenvalue weighted by molar-refractivity contribution is 0.0676. The van der Waals surface area contributed by atoms with Crippen LogP contribution >= 0.6 is 0 Å². The van der Waals surface area contributed by atoms with E-state index in [9.17, 15) is 9.90 Å². The Kier molecular flexibility index (Phi) is 5.82. The van der Waals surface area contributed by atoms with Crippen molar-refractivity contribution in [2.75, 3.05) is 7.11 Å². The minimum absolute atomic E-state index is 0.0761. The molecular formula is C23H22O3. The van der Waals surface area contributed by atoms with Crippen molar-refractivity contribution >= 4 is 5.78 Å². The molecule has 0 fully saturated rings. The lowest BCUT2D eigenvalue weighted by atomic mass is 9.84. The van der Waals surface area contributed by atoms with Gasteiger partial charge in [-0.2, -0.15) is 0 Å². The Morgan fingerprint density at radius 2 is 1.46 bits per heavy atom. The molecule has 26 heavy (non-hydrogen) atoms. The molecule has 0 saturated carbocycles. The molecule has 0 radical (unpaired) electrons. The number of benzene rings is 3. The first-order valence-corrected chi connectivity index (χ1v) is 8.64. The second kappa shape index (κ2) is 8.45. The zero-order valence-electron chi connectivity index (χ0n) is 14.7. The van der Waals surface area contributed by atoms with Crippen molar-refractivity contribution < 1.29 is 14.6 Å². The van der Waals surface area contributed by atoms with Crippen molar-refractivity contribution in [3.05, 3.63) is 102 Å². The first-order valence-electron chi connectivity index (χ1n) is 8.64. The molecule has 2 unspecified atom stereocenters. The summed E-state index contributed by atoms with van der Waals surface area (Å²) in [7, 11) is 1.59. The third kappa shape index (κ3) is 4.19. The zero-order chi connectivity index (χ0) is 18.4. The first kappa shape index (κ1) is 17.9. The van der Waals surface area contributed by atoms with E-state index < -0.39 is 12.0 Å². The molecule has 0 amide bonds. The summed E-state index contributed by atoms with van der Waals surface area (Å²) in [6, 6.07) is 26.2. The predicted octanol–water partition coefficient (Wildman–Crippen LogP) is 4.47. The fraction of sp³-hybridized carbons (Fsp3) is 0.174. The lowest BCUT2D eigenvalue weighted by Gasteiger charge is -2.23. The molecule has 0 aromatic heterocycles. The molecule has 3 rings (SSSR count). The quantitative estimate of drug-likeness (QED) is 0.642. The van der Waals surface area contributed by atoms with E-state index in [0.29, 0.717) is 17.7 Å². The highest BCUT2D eigenvalue weighted by Gasteiger charge is 2.29. The van der Waals surface area contributed by atoms with Gasteiger partial charge in [0.05, 0.1) is 19.1 Å². The van der Waals surface area contributed by atoms with Crippen LogP contribution in [0.25, 0.3) is 0 Å². The largest absolute Gasteiger partial charge is 0.497 e. The van der Waals surface area contributed by atoms with Crippen LogP contribution < -0.4 is 4.74 Å². The molecule has 132 valence electrons. The van der Waals surface area contributed by atoms with E-state index in [2.05, 4.69) is 0 Å². The maximum atomic E-state index is 13.2. The van der Waals surface area contributed by atoms with E-state index in [0.717, 1.165) is 11.1 Å². The number of carbonyl (C=O) groups is 1. The molecule has 2 atom stereocenters. The number of carbonyl (C=O) groups excluding carboxylic acids is 1. The third-order valence-corrected chi connectivity index (χ3v) is 4.53. The number of Topliss-reactive ketones (excluding diaryl/α,β-unsaturated/α-hetero) is 1. The van der Waals surface area contributed by atoms with Crippen molar-refractivity contribution in [2.24, 2.45) is 5.92 Å². The van der Waals surface area contributed by atoms with Gasteiger partial charge in [0.15, 0.2) is 5.78 Å². The Morgan fingerprint density at radius 1 is 0.885 bits per heavy atom. The number of ether oxygens (including phenoxy) is 1. The van der Waals surface area contributed by atoms with Crippen molar-refractivity contribution in [3.63, 3.8) is 0 Å². The van der Waals surface area contributed by atoms with Gasteiger partial charge in [0.25, 0.3) is 0 Å². The predicted molar refractivity (Wildman–Crippen MR) is 102 cm³/mol. The molecule has 0 bridgehead atoms. The van der Waals surface area contributed by atoms with Crippen LogP contribution in [0, 0.1) is 5.92 Å². The van der Waals surface area contributed by atoms with Gasteiger partial charge >= 0.3 is 0 Å². The van der Waals surface area contributed by atoms with Gasteiger partial charge in [0.2, 0.25) is 0 Å². The zero-order valence-corrected chi connectivity index (χ0v) is 14.7. The lowest BCUT2D eigenvalue weighted by Crippen LogP contribution is -2.25. The standard InChI is InChI=1S/C23H22O3/c1-26-20-14-12-19(13-15-20)23(25)21(16-17-8-4-2-5-9-17)22(24)18-10-6-3-7-11-18/h2-15,21-22,24H,16H2,1H3. The van der Waals surface area contributed by atoms with Gasteiger partial charge in [-0.1, -0.05) is 60.7 Å². The summed E-state index contributed by atoms with van der Waals surface area (Å²) in [6.07, 6.45) is -0.395. The number of aliphatic hydroxyl groups is 1. The number of hydrogen-bond donors (Lipinski definition) is 1. The number of methoxy groups -OCH3 is 1. The molecular weight excluding hydrogens is 324 g/mol. The molecule has 0 aliphatic carbocycles. The molecule has 3 heteroatoms. The summed E-state index contributed by atoms with van der Waals surface area (Å²) >= 11 is 0. The molecule has 0 heterocycles. The molecule has 3 aromatic rings. The fourth-order valence-electron chi connectivity index (χ4n) is 3.07. The van der Waals surface area contributed by atoms with Crippen LogP contribution in [0.5, 0.6) is 5.75 Å². The highest BCUT2D eigenvalue weighted by molar-refractivity contribution is 5.98. The van der Waals surface area contributed by atoms with Gasteiger partial charge in [-0.05, 0) is 41.8 Å². The van der Waals surface area contributed by atoms with Gasteiger partial charge in [0, 0.05) is 5.56 Å². The maximum absolute atomic E-state index is 13.2. The Balaban J connectivity index is 1.92. The van der Waals surface area contributed by atoms with E-state index >= 15 is 0 Å². The Hall–Kier alpha value is -2.91. The van der Waals surface area contributed by atoms with Crippen molar-refractivity contribution in [3.8, 4) is 5.75 Å². The van der Waals surface area contributed by atoms with Crippen LogP contribution in [0.3, 0.4) is 0 Å². The summed E-state index contributed by atoms with van der Waals surface area (Å²) in [5, 5.41) is 10.9. The first-order chi connectivity index (χ1) is 12.7. The molecule has 3 nitrogen and oxygen atoms in total. The Morgan fingerprint density at radius 3 is 2.04 bits per heavy atom. The second-order valence-electron chi connectivity index (χ2n) is 6.24. The van der Waals surface area contributed by atoms with Crippen LogP contribution in [-0.4, -0.2) is 18.0 Å². The van der Waals surface area contributed by atoms with Gasteiger partial charge in [-0.15, -0.1) is 0 Å². The molecule has 0 spiro atoms. The summed E-state index contributed by atoms with van der Waals surface area (Å²) in [5.74, 6) is 0.0609. The molecule has 0 saturated heterocycles. The van der Waals surface area contributed by atoms with Crippen molar-refractivity contribution in [1.29, 1.82) is 0 Å². The van der Waals surface area contributed by atoms with Crippen LogP contribution in [0.4, 0.5) is 0 Å². The molecule has 0 aliphatic heterocycles. The van der Waals surface area contributed by atoms with E-state index in [1.165, 1.54) is 0 Å². The monoisotopic (exact) mass is 346 g/mol. The topological polar surface area (TPSA) is 46.5 Å². The smallest absolute Gasteiger partial charge is 0.169 e. The summed E-state index contributed by atoms with van der Waals surface area (Å²) in [5.41, 5.74) is 2.34. The van der Waals surface area contributed by atoms with E-state index in [1.807, 2.05) is 60.7 Å². The average Bonchev–Trinajstić information content (AvgIpc) is 2.72. The average molecular weight is 346 g/mol. The van der Waals surface area contributed by atoms with Gasteiger partial charge < -0.3 is 9.84 Å². The van der Waals surface area contributed by atoms with Crippen LogP contribution in [-0.2, 0) is 6.42 Å². The minimum Gasteiger partial charge on any atom is -0.497 e. The van der Waals surface area contributed by atoms with Crippen LogP contribution in [0.2, 0.25) is 0 Å². The number of hydrogen-bond acceptors (Lipinski definition) is 3. The summed E-state index contributed by atoms with van der Waals surface area (Å²) in [4.78, 5) is 13.2. The van der Waals surface area contributed by atoms with Crippen molar-refractivity contribution in [1.82, 2.24) is 0 Å². The van der Waals surface area contributed by atoms with E-state index in [1.54, 1.807) is 31.4 Å². The summed E-state index contributed by atoms with van der Waals surface area (Å²) in [6.45, 7) is 0. The Labute approximate surface area is 153 Å². The maximum Gasteiger partial charge on any atom is 0.169 e. The van der Waals surface area contributed by atoms with E-state index in [-0.39, 0.29) is 5.78 Å². The molecule has 3 aromatic carbocycles.